The standard InChI is InChI=1S/C14H20N4O3S/c1-4-16-13(19)9-21-11-6-5-10(7-12(11)20-3)8-17-18-14(22)15-2/h5-8H,4,9H2,1-3H3,(H,16,19)(H2,15,18,22)/b17-8-. The van der Waals surface area contributed by atoms with Gasteiger partial charge in [-0.15, -0.1) is 0 Å². The van der Waals surface area contributed by atoms with Crippen molar-refractivity contribution < 1.29 is 14.3 Å². The van der Waals surface area contributed by atoms with Crippen LogP contribution in [0.5, 0.6) is 11.5 Å². The third kappa shape index (κ3) is 5.96. The van der Waals surface area contributed by atoms with E-state index < -0.39 is 0 Å². The molecule has 0 heterocycles. The van der Waals surface area contributed by atoms with Crippen molar-refractivity contribution in [3.8, 4) is 11.5 Å². The smallest absolute Gasteiger partial charge is 0.257 e. The molecule has 0 radical (unpaired) electrons. The number of nitrogens with zero attached hydrogens (tertiary/aromatic N) is 1. The Hall–Kier alpha value is -2.35. The van der Waals surface area contributed by atoms with E-state index in [1.807, 2.05) is 6.92 Å². The molecule has 0 atom stereocenters. The molecule has 3 N–H and O–H groups in total. The summed E-state index contributed by atoms with van der Waals surface area (Å²) in [5.41, 5.74) is 3.45. The van der Waals surface area contributed by atoms with Crippen LogP contribution in [0.1, 0.15) is 12.5 Å². The van der Waals surface area contributed by atoms with Gasteiger partial charge >= 0.3 is 0 Å². The molecule has 0 saturated heterocycles. The monoisotopic (exact) mass is 324 g/mol. The van der Waals surface area contributed by atoms with Crippen LogP contribution in [0, 0.1) is 0 Å². The highest BCUT2D eigenvalue weighted by Crippen LogP contribution is 2.27. The largest absolute Gasteiger partial charge is 0.493 e. The van der Waals surface area contributed by atoms with Crippen LogP contribution >= 0.6 is 12.2 Å². The zero-order chi connectivity index (χ0) is 16.4. The summed E-state index contributed by atoms with van der Waals surface area (Å²) in [6.07, 6.45) is 1.60. The molecule has 22 heavy (non-hydrogen) atoms. The predicted octanol–water partition coefficient (Wildman–Crippen LogP) is 0.638. The van der Waals surface area contributed by atoms with Gasteiger partial charge in [-0.25, -0.2) is 0 Å². The van der Waals surface area contributed by atoms with E-state index in [-0.39, 0.29) is 12.5 Å². The molecule has 1 aromatic rings. The second-order valence-corrected chi connectivity index (χ2v) is 4.51. The fraction of sp³-hybridized carbons (Fsp3) is 0.357. The van der Waals surface area contributed by atoms with Crippen molar-refractivity contribution >= 4 is 29.5 Å². The van der Waals surface area contributed by atoms with Gasteiger partial charge in [0, 0.05) is 13.6 Å². The molecule has 1 amide bonds. The Bertz CT molecular complexity index is 549. The van der Waals surface area contributed by atoms with Crippen LogP contribution in [-0.4, -0.2) is 44.5 Å². The van der Waals surface area contributed by atoms with E-state index in [9.17, 15) is 4.79 Å². The summed E-state index contributed by atoms with van der Waals surface area (Å²) < 4.78 is 10.7. The van der Waals surface area contributed by atoms with Crippen molar-refractivity contribution in [2.24, 2.45) is 5.10 Å². The second kappa shape index (κ2) is 9.56. The molecule has 0 unspecified atom stereocenters. The van der Waals surface area contributed by atoms with Crippen molar-refractivity contribution in [3.63, 3.8) is 0 Å². The van der Waals surface area contributed by atoms with Crippen LogP contribution in [0.15, 0.2) is 23.3 Å². The molecule has 0 bridgehead atoms. The molecule has 0 aliphatic carbocycles. The van der Waals surface area contributed by atoms with Crippen molar-refractivity contribution in [3.05, 3.63) is 23.8 Å². The number of carbonyl (C=O) groups excluding carboxylic acids is 1. The van der Waals surface area contributed by atoms with Crippen LogP contribution in [0.4, 0.5) is 0 Å². The highest BCUT2D eigenvalue weighted by molar-refractivity contribution is 7.80. The van der Waals surface area contributed by atoms with Gasteiger partial charge in [0.15, 0.2) is 23.2 Å². The minimum atomic E-state index is -0.181. The molecular weight excluding hydrogens is 304 g/mol. The maximum absolute atomic E-state index is 11.4. The van der Waals surface area contributed by atoms with Gasteiger partial charge in [0.1, 0.15) is 0 Å². The molecule has 1 rings (SSSR count). The Kier molecular flexibility index (Phi) is 7.69. The summed E-state index contributed by atoms with van der Waals surface area (Å²) in [6.45, 7) is 2.35. The third-order valence-corrected chi connectivity index (χ3v) is 2.82. The van der Waals surface area contributed by atoms with Gasteiger partial charge in [-0.1, -0.05) is 0 Å². The lowest BCUT2D eigenvalue weighted by Crippen LogP contribution is -2.28. The molecule has 0 spiro atoms. The Labute approximate surface area is 135 Å². The first-order valence-electron chi connectivity index (χ1n) is 6.69. The average molecular weight is 324 g/mol. The molecule has 0 aliphatic rings. The van der Waals surface area contributed by atoms with E-state index in [1.165, 1.54) is 7.11 Å². The van der Waals surface area contributed by atoms with Crippen LogP contribution in [-0.2, 0) is 4.79 Å². The molecule has 8 heteroatoms. The lowest BCUT2D eigenvalue weighted by Gasteiger charge is -2.11. The Balaban J connectivity index is 2.70. The van der Waals surface area contributed by atoms with Crippen molar-refractivity contribution in [2.75, 3.05) is 27.3 Å². The maximum atomic E-state index is 11.4. The van der Waals surface area contributed by atoms with Gasteiger partial charge in [-0.2, -0.15) is 5.10 Å². The highest BCUT2D eigenvalue weighted by atomic mass is 32.1. The molecule has 7 nitrogen and oxygen atoms in total. The first-order chi connectivity index (χ1) is 10.6. The van der Waals surface area contributed by atoms with Crippen molar-refractivity contribution in [2.45, 2.75) is 6.92 Å². The minimum Gasteiger partial charge on any atom is -0.493 e. The third-order valence-electron chi connectivity index (χ3n) is 2.53. The van der Waals surface area contributed by atoms with Gasteiger partial charge in [-0.3, -0.25) is 10.2 Å². The average Bonchev–Trinajstić information content (AvgIpc) is 2.53. The first kappa shape index (κ1) is 17.7. The summed E-state index contributed by atoms with van der Waals surface area (Å²) in [4.78, 5) is 11.4. The number of carbonyl (C=O) groups is 1. The topological polar surface area (TPSA) is 84.0 Å². The minimum absolute atomic E-state index is 0.0599. The zero-order valence-electron chi connectivity index (χ0n) is 12.8. The quantitative estimate of drug-likeness (QED) is 0.388. The van der Waals surface area contributed by atoms with Crippen LogP contribution < -0.4 is 25.5 Å². The van der Waals surface area contributed by atoms with Gasteiger partial charge in [-0.05, 0) is 42.9 Å². The molecule has 0 saturated carbocycles. The summed E-state index contributed by atoms with van der Waals surface area (Å²) >= 11 is 4.90. The Morgan fingerprint density at radius 1 is 1.41 bits per heavy atom. The van der Waals surface area contributed by atoms with Gasteiger partial charge in [0.05, 0.1) is 13.3 Å². The summed E-state index contributed by atoms with van der Waals surface area (Å²) in [6, 6.07) is 5.26. The molecule has 1 aromatic carbocycles. The number of rotatable bonds is 7. The number of hydrogen-bond donors (Lipinski definition) is 3. The molecule has 120 valence electrons. The van der Waals surface area contributed by atoms with Crippen molar-refractivity contribution in [1.29, 1.82) is 0 Å². The van der Waals surface area contributed by atoms with Gasteiger partial charge < -0.3 is 20.1 Å². The fourth-order valence-electron chi connectivity index (χ4n) is 1.50. The number of benzene rings is 1. The predicted molar refractivity (Wildman–Crippen MR) is 89.6 cm³/mol. The van der Waals surface area contributed by atoms with Crippen LogP contribution in [0.25, 0.3) is 0 Å². The van der Waals surface area contributed by atoms with Crippen LogP contribution in [0.2, 0.25) is 0 Å². The number of amides is 1. The van der Waals surface area contributed by atoms with Crippen LogP contribution in [0.3, 0.4) is 0 Å². The Morgan fingerprint density at radius 3 is 2.82 bits per heavy atom. The lowest BCUT2D eigenvalue weighted by molar-refractivity contribution is -0.123. The molecular formula is C14H20N4O3S. The van der Waals surface area contributed by atoms with E-state index in [4.69, 9.17) is 21.7 Å². The van der Waals surface area contributed by atoms with Crippen molar-refractivity contribution in [1.82, 2.24) is 16.1 Å². The van der Waals surface area contributed by atoms with E-state index in [2.05, 4.69) is 21.2 Å². The summed E-state index contributed by atoms with van der Waals surface area (Å²) in [5.74, 6) is 0.828. The first-order valence-corrected chi connectivity index (χ1v) is 7.09. The van der Waals surface area contributed by atoms with Gasteiger partial charge in [0.25, 0.3) is 5.91 Å². The van der Waals surface area contributed by atoms with E-state index >= 15 is 0 Å². The number of nitrogens with one attached hydrogen (secondary N) is 3. The lowest BCUT2D eigenvalue weighted by atomic mass is 10.2. The SMILES string of the molecule is CCNC(=O)COc1ccc(/C=N\NC(=S)NC)cc1OC. The highest BCUT2D eigenvalue weighted by Gasteiger charge is 2.07. The van der Waals surface area contributed by atoms with Gasteiger partial charge in [0.2, 0.25) is 0 Å². The normalized spacial score (nSPS) is 10.1. The molecule has 0 aromatic heterocycles. The molecule has 0 fully saturated rings. The summed E-state index contributed by atoms with van der Waals surface area (Å²) in [7, 11) is 3.23. The number of ether oxygens (including phenoxy) is 2. The number of likely N-dealkylation sites (N-methyl/N-ethyl adjacent to an activating group) is 1. The number of methoxy groups -OCH3 is 1. The van der Waals surface area contributed by atoms with E-state index in [0.29, 0.717) is 23.2 Å². The fourth-order valence-corrected chi connectivity index (χ4v) is 1.55. The zero-order valence-corrected chi connectivity index (χ0v) is 13.6. The second-order valence-electron chi connectivity index (χ2n) is 4.10. The maximum Gasteiger partial charge on any atom is 0.257 e. The van der Waals surface area contributed by atoms with E-state index in [0.717, 1.165) is 5.56 Å². The molecule has 0 aliphatic heterocycles. The number of thiocarbonyl (C=S) groups is 1. The number of hydrogen-bond acceptors (Lipinski definition) is 5. The Morgan fingerprint density at radius 2 is 2.18 bits per heavy atom. The number of hydrazone groups is 1. The summed E-state index contributed by atoms with van der Waals surface area (Å²) in [5, 5.41) is 9.80. The van der Waals surface area contributed by atoms with E-state index in [1.54, 1.807) is 31.5 Å².